The third-order valence-electron chi connectivity index (χ3n) is 3.17. The molecule has 7 heteroatoms. The molecule has 0 bridgehead atoms. The lowest BCUT2D eigenvalue weighted by molar-refractivity contribution is 0.0661. The molecule has 0 radical (unpaired) electrons. The number of carboxylic acids is 1. The van der Waals surface area contributed by atoms with Gasteiger partial charge in [-0.3, -0.25) is 0 Å². The Kier molecular flexibility index (Phi) is 2.98. The van der Waals surface area contributed by atoms with Crippen molar-refractivity contribution >= 4 is 16.0 Å². The first kappa shape index (κ1) is 13.1. The highest BCUT2D eigenvalue weighted by Crippen LogP contribution is 2.44. The quantitative estimate of drug-likeness (QED) is 0.844. The summed E-state index contributed by atoms with van der Waals surface area (Å²) in [5, 5.41) is 8.75. The minimum absolute atomic E-state index is 0.0420. The molecule has 2 N–H and O–H groups in total. The number of carbonyl (C=O) groups is 1. The molecule has 18 heavy (non-hydrogen) atoms. The summed E-state index contributed by atoms with van der Waals surface area (Å²) in [4.78, 5) is 10.6. The van der Waals surface area contributed by atoms with Gasteiger partial charge in [0.1, 0.15) is 10.7 Å². The van der Waals surface area contributed by atoms with E-state index in [0.717, 1.165) is 18.9 Å². The summed E-state index contributed by atoms with van der Waals surface area (Å²) in [6, 6.07) is 1.04. The average Bonchev–Trinajstić information content (AvgIpc) is 2.85. The first-order valence-corrected chi connectivity index (χ1v) is 7.05. The van der Waals surface area contributed by atoms with Gasteiger partial charge in [-0.1, -0.05) is 6.92 Å². The summed E-state index contributed by atoms with van der Waals surface area (Å²) in [6.45, 7) is 3.79. The monoisotopic (exact) mass is 273 g/mol. The molecule has 1 fully saturated rings. The zero-order valence-corrected chi connectivity index (χ0v) is 11.0. The molecule has 0 saturated heterocycles. The van der Waals surface area contributed by atoms with Gasteiger partial charge in [0.15, 0.2) is 0 Å². The molecule has 0 spiro atoms. The van der Waals surface area contributed by atoms with Crippen LogP contribution in [0.3, 0.4) is 0 Å². The number of nitrogens with one attached hydrogen (secondary N) is 1. The van der Waals surface area contributed by atoms with Gasteiger partial charge in [-0.05, 0) is 25.2 Å². The first-order valence-electron chi connectivity index (χ1n) is 5.57. The highest BCUT2D eigenvalue weighted by molar-refractivity contribution is 7.89. The number of aromatic carboxylic acids is 1. The van der Waals surface area contributed by atoms with Crippen LogP contribution >= 0.6 is 0 Å². The Morgan fingerprint density at radius 3 is 2.61 bits per heavy atom. The van der Waals surface area contributed by atoms with Crippen LogP contribution in [0.1, 0.15) is 36.1 Å². The predicted octanol–water partition coefficient (Wildman–Crippen LogP) is 1.36. The molecular formula is C11H15NO5S. The van der Waals surface area contributed by atoms with Gasteiger partial charge in [-0.2, -0.15) is 0 Å². The predicted molar refractivity (Wildman–Crippen MR) is 62.9 cm³/mol. The summed E-state index contributed by atoms with van der Waals surface area (Å²) in [6.07, 6.45) is 2.00. The Bertz CT molecular complexity index is 583. The fourth-order valence-electron chi connectivity index (χ4n) is 1.57. The van der Waals surface area contributed by atoms with E-state index < -0.39 is 16.0 Å². The van der Waals surface area contributed by atoms with Crippen molar-refractivity contribution in [2.24, 2.45) is 5.41 Å². The van der Waals surface area contributed by atoms with E-state index in [1.807, 2.05) is 6.92 Å². The number of sulfonamides is 1. The molecule has 1 aromatic rings. The summed E-state index contributed by atoms with van der Waals surface area (Å²) in [5.74, 6) is -1.57. The summed E-state index contributed by atoms with van der Waals surface area (Å²) in [5.41, 5.74) is 0.0420. The number of aryl methyl sites for hydroxylation is 1. The van der Waals surface area contributed by atoms with E-state index in [0.29, 0.717) is 6.54 Å². The molecule has 100 valence electrons. The molecule has 1 heterocycles. The van der Waals surface area contributed by atoms with Gasteiger partial charge in [0, 0.05) is 12.6 Å². The fourth-order valence-corrected chi connectivity index (χ4v) is 2.95. The van der Waals surface area contributed by atoms with Gasteiger partial charge >= 0.3 is 5.97 Å². The largest absolute Gasteiger partial charge is 0.475 e. The minimum Gasteiger partial charge on any atom is -0.475 e. The molecule has 1 aromatic heterocycles. The third-order valence-corrected chi connectivity index (χ3v) is 4.67. The molecule has 6 nitrogen and oxygen atoms in total. The second kappa shape index (κ2) is 4.10. The van der Waals surface area contributed by atoms with Crippen LogP contribution in [0.4, 0.5) is 0 Å². The van der Waals surface area contributed by atoms with E-state index >= 15 is 0 Å². The Labute approximate surface area is 105 Å². The van der Waals surface area contributed by atoms with Gasteiger partial charge < -0.3 is 9.52 Å². The van der Waals surface area contributed by atoms with Crippen LogP contribution in [0.15, 0.2) is 15.4 Å². The normalized spacial score (nSPS) is 17.7. The average molecular weight is 273 g/mol. The minimum atomic E-state index is -3.70. The van der Waals surface area contributed by atoms with Crippen molar-refractivity contribution in [3.05, 3.63) is 17.6 Å². The van der Waals surface area contributed by atoms with Crippen molar-refractivity contribution in [3.63, 3.8) is 0 Å². The smallest absolute Gasteiger partial charge is 0.371 e. The summed E-state index contributed by atoms with van der Waals surface area (Å²) < 4.78 is 31.4. The second-order valence-electron chi connectivity index (χ2n) is 4.97. The van der Waals surface area contributed by atoms with Gasteiger partial charge in [0.05, 0.1) is 0 Å². The topological polar surface area (TPSA) is 96.6 Å². The molecule has 1 saturated carbocycles. The molecule has 2 rings (SSSR count). The molecular weight excluding hydrogens is 258 g/mol. The van der Waals surface area contributed by atoms with Gasteiger partial charge in [-0.15, -0.1) is 0 Å². The van der Waals surface area contributed by atoms with Crippen LogP contribution < -0.4 is 4.72 Å². The highest BCUT2D eigenvalue weighted by atomic mass is 32.2. The van der Waals surface area contributed by atoms with Crippen LogP contribution in [0, 0.1) is 12.3 Å². The zero-order valence-electron chi connectivity index (χ0n) is 10.2. The third kappa shape index (κ3) is 2.56. The van der Waals surface area contributed by atoms with E-state index in [-0.39, 0.29) is 21.8 Å². The Morgan fingerprint density at radius 2 is 2.17 bits per heavy atom. The van der Waals surface area contributed by atoms with Gasteiger partial charge in [-0.25, -0.2) is 17.9 Å². The van der Waals surface area contributed by atoms with Crippen molar-refractivity contribution in [2.75, 3.05) is 6.54 Å². The summed E-state index contributed by atoms with van der Waals surface area (Å²) in [7, 11) is -3.70. The van der Waals surface area contributed by atoms with Crippen molar-refractivity contribution in [1.82, 2.24) is 4.72 Å². The maximum atomic E-state index is 12.0. The van der Waals surface area contributed by atoms with E-state index in [9.17, 15) is 13.2 Å². The number of hydrogen-bond acceptors (Lipinski definition) is 4. The summed E-state index contributed by atoms with van der Waals surface area (Å²) >= 11 is 0. The SMILES string of the molecule is Cc1oc(C(=O)O)cc1S(=O)(=O)NCC1(C)CC1. The first-order chi connectivity index (χ1) is 8.23. The van der Waals surface area contributed by atoms with Crippen LogP contribution in [0.5, 0.6) is 0 Å². The van der Waals surface area contributed by atoms with E-state index in [1.54, 1.807) is 0 Å². The van der Waals surface area contributed by atoms with Crippen molar-refractivity contribution in [3.8, 4) is 0 Å². The van der Waals surface area contributed by atoms with Gasteiger partial charge in [0.25, 0.3) is 0 Å². The van der Waals surface area contributed by atoms with Crippen LogP contribution in [-0.2, 0) is 10.0 Å². The molecule has 0 unspecified atom stereocenters. The standard InChI is InChI=1S/C11H15NO5S/c1-7-9(5-8(17-7)10(13)14)18(15,16)12-6-11(2)3-4-11/h5,12H,3-4,6H2,1-2H3,(H,13,14). The maximum Gasteiger partial charge on any atom is 0.371 e. The number of furan rings is 1. The van der Waals surface area contributed by atoms with Crippen molar-refractivity contribution in [2.45, 2.75) is 31.6 Å². The Hall–Kier alpha value is -1.34. The number of rotatable bonds is 5. The van der Waals surface area contributed by atoms with E-state index in [2.05, 4.69) is 4.72 Å². The fraction of sp³-hybridized carbons (Fsp3) is 0.545. The number of hydrogen-bond donors (Lipinski definition) is 2. The van der Waals surface area contributed by atoms with Crippen LogP contribution in [0.25, 0.3) is 0 Å². The van der Waals surface area contributed by atoms with E-state index in [1.165, 1.54) is 6.92 Å². The van der Waals surface area contributed by atoms with Crippen molar-refractivity contribution < 1.29 is 22.7 Å². The molecule has 0 aliphatic heterocycles. The molecule has 0 aromatic carbocycles. The maximum absolute atomic E-state index is 12.0. The molecule has 1 aliphatic carbocycles. The highest BCUT2D eigenvalue weighted by Gasteiger charge is 2.38. The molecule has 1 aliphatic rings. The second-order valence-corrected chi connectivity index (χ2v) is 6.71. The molecule has 0 amide bonds. The lowest BCUT2D eigenvalue weighted by Gasteiger charge is -2.09. The van der Waals surface area contributed by atoms with Crippen molar-refractivity contribution in [1.29, 1.82) is 0 Å². The van der Waals surface area contributed by atoms with Crippen LogP contribution in [0.2, 0.25) is 0 Å². The lowest BCUT2D eigenvalue weighted by atomic mass is 10.2. The Morgan fingerprint density at radius 1 is 1.56 bits per heavy atom. The number of carboxylic acid groups (broad SMARTS) is 1. The van der Waals surface area contributed by atoms with Gasteiger partial charge in [0.2, 0.25) is 15.8 Å². The Balaban J connectivity index is 2.20. The zero-order chi connectivity index (χ0) is 13.6. The van der Waals surface area contributed by atoms with Crippen LogP contribution in [-0.4, -0.2) is 26.0 Å². The molecule has 0 atom stereocenters. The van der Waals surface area contributed by atoms with E-state index in [4.69, 9.17) is 9.52 Å². The lowest BCUT2D eigenvalue weighted by Crippen LogP contribution is -2.29.